The lowest BCUT2D eigenvalue weighted by atomic mass is 9.78. The first kappa shape index (κ1) is 14.7. The number of nitrogens with zero attached hydrogens (tertiary/aromatic N) is 1. The number of piperidine rings is 1. The zero-order chi connectivity index (χ0) is 14.9. The molecule has 4 nitrogen and oxygen atoms in total. The summed E-state index contributed by atoms with van der Waals surface area (Å²) in [5, 5.41) is 7.04. The molecule has 0 atom stereocenters. The number of benzene rings is 1. The molecule has 1 aromatic rings. The average molecular weight is 308 g/mol. The number of rotatable bonds is 1. The number of hydrogen-bond donors (Lipinski definition) is 2. The van der Waals surface area contributed by atoms with Crippen LogP contribution < -0.4 is 10.6 Å². The van der Waals surface area contributed by atoms with Crippen molar-refractivity contribution in [1.29, 1.82) is 0 Å². The molecule has 5 heteroatoms. The van der Waals surface area contributed by atoms with E-state index >= 15 is 0 Å². The number of hydrogen-bond acceptors (Lipinski definition) is 2. The lowest BCUT2D eigenvalue weighted by molar-refractivity contribution is 0.191. The van der Waals surface area contributed by atoms with Crippen molar-refractivity contribution >= 4 is 23.3 Å². The molecule has 2 aliphatic heterocycles. The van der Waals surface area contributed by atoms with Gasteiger partial charge < -0.3 is 15.5 Å². The quantitative estimate of drug-likeness (QED) is 0.836. The third-order valence-electron chi connectivity index (χ3n) is 4.81. The van der Waals surface area contributed by atoms with Crippen LogP contribution in [0.1, 0.15) is 24.8 Å². The maximum Gasteiger partial charge on any atom is 0.321 e. The Bertz CT molecular complexity index is 540. The highest BCUT2D eigenvalue weighted by atomic mass is 35.5. The lowest BCUT2D eigenvalue weighted by Crippen LogP contribution is -2.40. The molecule has 0 aromatic heterocycles. The number of urea groups is 1. The molecule has 2 fully saturated rings. The van der Waals surface area contributed by atoms with Gasteiger partial charge in [-0.15, -0.1) is 0 Å². The molecule has 114 valence electrons. The number of anilines is 1. The smallest absolute Gasteiger partial charge is 0.321 e. The van der Waals surface area contributed by atoms with Gasteiger partial charge in [0.15, 0.2) is 0 Å². The van der Waals surface area contributed by atoms with Crippen LogP contribution in [0.3, 0.4) is 0 Å². The summed E-state index contributed by atoms with van der Waals surface area (Å²) in [6.45, 7) is 5.83. The fourth-order valence-corrected chi connectivity index (χ4v) is 3.53. The van der Waals surface area contributed by atoms with E-state index in [1.807, 2.05) is 30.0 Å². The van der Waals surface area contributed by atoms with Crippen LogP contribution in [0.5, 0.6) is 0 Å². The van der Waals surface area contributed by atoms with Gasteiger partial charge in [0.05, 0.1) is 0 Å². The number of nitrogens with one attached hydrogen (secondary N) is 2. The van der Waals surface area contributed by atoms with Crippen molar-refractivity contribution in [2.75, 3.05) is 31.5 Å². The first-order chi connectivity index (χ1) is 10.1. The van der Waals surface area contributed by atoms with Gasteiger partial charge in [-0.25, -0.2) is 4.79 Å². The molecule has 2 aliphatic rings. The van der Waals surface area contributed by atoms with E-state index < -0.39 is 0 Å². The number of halogens is 1. The summed E-state index contributed by atoms with van der Waals surface area (Å²) in [4.78, 5) is 14.3. The second kappa shape index (κ2) is 5.85. The molecule has 0 unspecified atom stereocenters. The summed E-state index contributed by atoms with van der Waals surface area (Å²) < 4.78 is 0. The third kappa shape index (κ3) is 3.16. The number of amides is 2. The second-order valence-corrected chi connectivity index (χ2v) is 6.72. The molecule has 0 saturated carbocycles. The predicted octanol–water partition coefficient (Wildman–Crippen LogP) is 3.26. The molecule has 2 saturated heterocycles. The molecule has 1 aromatic carbocycles. The van der Waals surface area contributed by atoms with Crippen molar-refractivity contribution in [3.8, 4) is 0 Å². The summed E-state index contributed by atoms with van der Waals surface area (Å²) in [5.41, 5.74) is 2.12. The topological polar surface area (TPSA) is 44.4 Å². The van der Waals surface area contributed by atoms with Gasteiger partial charge in [0.2, 0.25) is 0 Å². The molecule has 0 radical (unpaired) electrons. The van der Waals surface area contributed by atoms with Crippen molar-refractivity contribution in [1.82, 2.24) is 10.2 Å². The highest BCUT2D eigenvalue weighted by Gasteiger charge is 2.40. The van der Waals surface area contributed by atoms with Gasteiger partial charge in [-0.2, -0.15) is 0 Å². The first-order valence-electron chi connectivity index (χ1n) is 7.61. The lowest BCUT2D eigenvalue weighted by Gasteiger charge is -2.33. The Hall–Kier alpha value is -1.26. The van der Waals surface area contributed by atoms with Crippen LogP contribution in [0.2, 0.25) is 5.02 Å². The Morgan fingerprint density at radius 2 is 2.10 bits per heavy atom. The third-order valence-corrected chi connectivity index (χ3v) is 5.22. The normalized spacial score (nSPS) is 20.8. The van der Waals surface area contributed by atoms with Crippen LogP contribution in [0.15, 0.2) is 18.2 Å². The van der Waals surface area contributed by atoms with Gasteiger partial charge in [0.25, 0.3) is 0 Å². The van der Waals surface area contributed by atoms with E-state index in [-0.39, 0.29) is 6.03 Å². The minimum absolute atomic E-state index is 0.00896. The summed E-state index contributed by atoms with van der Waals surface area (Å²) in [6.07, 6.45) is 3.47. The number of likely N-dealkylation sites (tertiary alicyclic amines) is 1. The van der Waals surface area contributed by atoms with Crippen LogP contribution in [0, 0.1) is 12.3 Å². The van der Waals surface area contributed by atoms with Crippen molar-refractivity contribution < 1.29 is 4.79 Å². The minimum Gasteiger partial charge on any atom is -0.324 e. The fourth-order valence-electron chi connectivity index (χ4n) is 3.35. The summed E-state index contributed by atoms with van der Waals surface area (Å²) >= 11 is 6.10. The van der Waals surface area contributed by atoms with Gasteiger partial charge in [-0.1, -0.05) is 17.7 Å². The van der Waals surface area contributed by atoms with Crippen LogP contribution in [-0.4, -0.2) is 37.1 Å². The Balaban J connectivity index is 1.62. The molecule has 1 spiro atoms. The van der Waals surface area contributed by atoms with Crippen molar-refractivity contribution in [2.45, 2.75) is 26.2 Å². The second-order valence-electron chi connectivity index (χ2n) is 6.32. The van der Waals surface area contributed by atoms with E-state index in [2.05, 4.69) is 10.6 Å². The van der Waals surface area contributed by atoms with E-state index in [0.29, 0.717) is 10.4 Å². The molecule has 3 rings (SSSR count). The standard InChI is InChI=1S/C16H22ClN3O/c1-12-2-3-13(10-14(12)17)19-15(21)20-9-6-16(11-20)4-7-18-8-5-16/h2-3,10,18H,4-9,11H2,1H3,(H,19,21). The average Bonchev–Trinajstić information content (AvgIpc) is 2.87. The minimum atomic E-state index is -0.00896. The highest BCUT2D eigenvalue weighted by Crippen LogP contribution is 2.38. The van der Waals surface area contributed by atoms with Gasteiger partial charge in [0.1, 0.15) is 0 Å². The Morgan fingerprint density at radius 3 is 2.81 bits per heavy atom. The highest BCUT2D eigenvalue weighted by molar-refractivity contribution is 6.31. The molecule has 21 heavy (non-hydrogen) atoms. The Labute approximate surface area is 130 Å². The van der Waals surface area contributed by atoms with Gasteiger partial charge in [-0.05, 0) is 62.4 Å². The van der Waals surface area contributed by atoms with Gasteiger partial charge in [-0.3, -0.25) is 0 Å². The summed E-state index contributed by atoms with van der Waals surface area (Å²) in [7, 11) is 0. The maximum atomic E-state index is 12.4. The summed E-state index contributed by atoms with van der Waals surface area (Å²) in [5.74, 6) is 0. The van der Waals surface area contributed by atoms with Crippen LogP contribution >= 0.6 is 11.6 Å². The fraction of sp³-hybridized carbons (Fsp3) is 0.562. The number of aryl methyl sites for hydroxylation is 1. The molecule has 0 aliphatic carbocycles. The van der Waals surface area contributed by atoms with Crippen LogP contribution in [-0.2, 0) is 0 Å². The van der Waals surface area contributed by atoms with Crippen LogP contribution in [0.25, 0.3) is 0 Å². The largest absolute Gasteiger partial charge is 0.324 e. The van der Waals surface area contributed by atoms with Crippen LogP contribution in [0.4, 0.5) is 10.5 Å². The Morgan fingerprint density at radius 1 is 1.33 bits per heavy atom. The Kier molecular flexibility index (Phi) is 4.09. The monoisotopic (exact) mass is 307 g/mol. The van der Waals surface area contributed by atoms with E-state index in [9.17, 15) is 4.79 Å². The maximum absolute atomic E-state index is 12.4. The van der Waals surface area contributed by atoms with Crippen molar-refractivity contribution in [3.63, 3.8) is 0 Å². The zero-order valence-electron chi connectivity index (χ0n) is 12.4. The molecule has 2 N–H and O–H groups in total. The molecular weight excluding hydrogens is 286 g/mol. The van der Waals surface area contributed by atoms with E-state index in [1.165, 1.54) is 12.8 Å². The zero-order valence-corrected chi connectivity index (χ0v) is 13.2. The predicted molar refractivity (Wildman–Crippen MR) is 85.9 cm³/mol. The molecule has 2 heterocycles. The molecule has 2 amide bonds. The summed E-state index contributed by atoms with van der Waals surface area (Å²) in [6, 6.07) is 5.63. The molecule has 0 bridgehead atoms. The van der Waals surface area contributed by atoms with Crippen molar-refractivity contribution in [3.05, 3.63) is 28.8 Å². The van der Waals surface area contributed by atoms with E-state index in [0.717, 1.165) is 43.9 Å². The van der Waals surface area contributed by atoms with E-state index in [1.54, 1.807) is 0 Å². The van der Waals surface area contributed by atoms with Crippen molar-refractivity contribution in [2.24, 2.45) is 5.41 Å². The number of carbonyl (C=O) groups excluding carboxylic acids is 1. The van der Waals surface area contributed by atoms with E-state index in [4.69, 9.17) is 11.6 Å². The first-order valence-corrected chi connectivity index (χ1v) is 7.99. The van der Waals surface area contributed by atoms with Gasteiger partial charge >= 0.3 is 6.03 Å². The SMILES string of the molecule is Cc1ccc(NC(=O)N2CCC3(CCNCC3)C2)cc1Cl. The number of carbonyl (C=O) groups is 1. The van der Waals surface area contributed by atoms with Gasteiger partial charge in [0, 0.05) is 23.8 Å². The molecular formula is C16H22ClN3O.